The molecule has 1 aliphatic rings. The van der Waals surface area contributed by atoms with E-state index in [1.165, 1.54) is 24.3 Å². The van der Waals surface area contributed by atoms with E-state index < -0.39 is 0 Å². The molecule has 0 saturated carbocycles. The van der Waals surface area contributed by atoms with E-state index >= 15 is 0 Å². The average molecular weight is 341 g/mol. The predicted octanol–water partition coefficient (Wildman–Crippen LogP) is 3.02. The zero-order valence-corrected chi connectivity index (χ0v) is 14.0. The van der Waals surface area contributed by atoms with Gasteiger partial charge in [-0.1, -0.05) is 6.07 Å². The Morgan fingerprint density at radius 1 is 1.12 bits per heavy atom. The number of nitrogens with one attached hydrogen (secondary N) is 1. The average Bonchev–Trinajstić information content (AvgIpc) is 2.64. The van der Waals surface area contributed by atoms with E-state index in [1.54, 1.807) is 17.2 Å². The number of carbonyl (C=O) groups is 2. The van der Waals surface area contributed by atoms with Crippen LogP contribution >= 0.6 is 0 Å². The molecule has 0 radical (unpaired) electrons. The molecule has 5 nitrogen and oxygen atoms in total. The van der Waals surface area contributed by atoms with Crippen LogP contribution in [0.1, 0.15) is 28.8 Å². The van der Waals surface area contributed by atoms with Crippen LogP contribution in [0.5, 0.6) is 0 Å². The van der Waals surface area contributed by atoms with Gasteiger partial charge in [-0.3, -0.25) is 9.59 Å². The molecule has 1 N–H and O–H groups in total. The van der Waals surface area contributed by atoms with Crippen molar-refractivity contribution in [2.24, 2.45) is 5.92 Å². The highest BCUT2D eigenvalue weighted by Crippen LogP contribution is 2.21. The van der Waals surface area contributed by atoms with Crippen molar-refractivity contribution in [3.8, 4) is 0 Å². The second-order valence-electron chi connectivity index (χ2n) is 6.28. The predicted molar refractivity (Wildman–Crippen MR) is 92.6 cm³/mol. The summed E-state index contributed by atoms with van der Waals surface area (Å²) < 4.78 is 13.0. The summed E-state index contributed by atoms with van der Waals surface area (Å²) in [5, 5.41) is 2.83. The van der Waals surface area contributed by atoms with Gasteiger partial charge in [0.2, 0.25) is 5.91 Å². The maximum Gasteiger partial charge on any atom is 0.253 e. The van der Waals surface area contributed by atoms with E-state index in [0.29, 0.717) is 37.3 Å². The molecule has 1 aromatic heterocycles. The van der Waals surface area contributed by atoms with Gasteiger partial charge in [-0.15, -0.1) is 0 Å². The molecule has 2 amide bonds. The Morgan fingerprint density at radius 2 is 1.80 bits per heavy atom. The molecule has 25 heavy (non-hydrogen) atoms. The second kappa shape index (κ2) is 7.42. The summed E-state index contributed by atoms with van der Waals surface area (Å²) in [6, 6.07) is 9.20. The first kappa shape index (κ1) is 17.1. The van der Waals surface area contributed by atoms with Gasteiger partial charge >= 0.3 is 0 Å². The topological polar surface area (TPSA) is 62.3 Å². The molecule has 2 aromatic rings. The monoisotopic (exact) mass is 341 g/mol. The number of nitrogens with zero attached hydrogens (tertiary/aromatic N) is 2. The van der Waals surface area contributed by atoms with Crippen LogP contribution in [0.25, 0.3) is 0 Å². The molecule has 0 aliphatic carbocycles. The summed E-state index contributed by atoms with van der Waals surface area (Å²) in [5.41, 5.74) is 1.50. The van der Waals surface area contributed by atoms with Crippen LogP contribution in [0.15, 0.2) is 42.6 Å². The molecule has 0 spiro atoms. The molecule has 0 bridgehead atoms. The molecule has 1 aliphatic heterocycles. The maximum atomic E-state index is 13.0. The molecule has 1 aromatic carbocycles. The molecular weight excluding hydrogens is 321 g/mol. The first-order chi connectivity index (χ1) is 12.0. The normalized spacial score (nSPS) is 15.0. The molecule has 3 rings (SSSR count). The third kappa shape index (κ3) is 4.21. The van der Waals surface area contributed by atoms with Crippen LogP contribution < -0.4 is 5.32 Å². The minimum Gasteiger partial charge on any atom is -0.339 e. The number of anilines is 1. The second-order valence-corrected chi connectivity index (χ2v) is 6.28. The number of carbonyl (C=O) groups excluding carboxylic acids is 2. The van der Waals surface area contributed by atoms with Crippen LogP contribution in [-0.4, -0.2) is 34.8 Å². The highest BCUT2D eigenvalue weighted by molar-refractivity contribution is 5.95. The molecule has 0 atom stereocenters. The van der Waals surface area contributed by atoms with Crippen molar-refractivity contribution in [3.05, 3.63) is 59.5 Å². The first-order valence-electron chi connectivity index (χ1n) is 8.31. The van der Waals surface area contributed by atoms with Crippen LogP contribution in [-0.2, 0) is 4.79 Å². The number of amides is 2. The highest BCUT2D eigenvalue weighted by Gasteiger charge is 2.28. The summed E-state index contributed by atoms with van der Waals surface area (Å²) >= 11 is 0. The van der Waals surface area contributed by atoms with Crippen molar-refractivity contribution < 1.29 is 14.0 Å². The van der Waals surface area contributed by atoms with Crippen molar-refractivity contribution in [3.63, 3.8) is 0 Å². The van der Waals surface area contributed by atoms with Crippen LogP contribution in [0.2, 0.25) is 0 Å². The number of aromatic nitrogens is 1. The molecule has 1 saturated heterocycles. The van der Waals surface area contributed by atoms with Crippen molar-refractivity contribution in [2.45, 2.75) is 19.8 Å². The Hall–Kier alpha value is -2.76. The van der Waals surface area contributed by atoms with E-state index in [2.05, 4.69) is 10.3 Å². The molecule has 0 unspecified atom stereocenters. The zero-order valence-electron chi connectivity index (χ0n) is 14.0. The summed E-state index contributed by atoms with van der Waals surface area (Å²) in [6.45, 7) is 2.96. The summed E-state index contributed by atoms with van der Waals surface area (Å²) in [5.74, 6) is -0.151. The third-order valence-electron chi connectivity index (χ3n) is 4.41. The van der Waals surface area contributed by atoms with Crippen LogP contribution in [0.4, 0.5) is 10.2 Å². The van der Waals surface area contributed by atoms with Crippen LogP contribution in [0.3, 0.4) is 0 Å². The largest absolute Gasteiger partial charge is 0.339 e. The maximum absolute atomic E-state index is 13.0. The van der Waals surface area contributed by atoms with Gasteiger partial charge in [-0.05, 0) is 55.7 Å². The Labute approximate surface area is 145 Å². The van der Waals surface area contributed by atoms with Gasteiger partial charge in [0, 0.05) is 30.8 Å². The number of piperidine rings is 1. The van der Waals surface area contributed by atoms with Crippen LogP contribution in [0, 0.1) is 18.7 Å². The SMILES string of the molecule is Cc1ccc(NC(=O)C2CCN(C(=O)c3ccc(F)cc3)CC2)nc1. The summed E-state index contributed by atoms with van der Waals surface area (Å²) in [4.78, 5) is 30.6. The van der Waals surface area contributed by atoms with E-state index in [0.717, 1.165) is 5.56 Å². The lowest BCUT2D eigenvalue weighted by Crippen LogP contribution is -2.41. The molecular formula is C19H20FN3O2. The number of benzene rings is 1. The molecule has 1 fully saturated rings. The van der Waals surface area contributed by atoms with E-state index in [9.17, 15) is 14.0 Å². The number of halogens is 1. The van der Waals surface area contributed by atoms with E-state index in [-0.39, 0.29) is 23.5 Å². The fourth-order valence-electron chi connectivity index (χ4n) is 2.89. The fourth-order valence-corrected chi connectivity index (χ4v) is 2.89. The Balaban J connectivity index is 1.54. The number of hydrogen-bond donors (Lipinski definition) is 1. The molecule has 2 heterocycles. The smallest absolute Gasteiger partial charge is 0.253 e. The van der Waals surface area contributed by atoms with E-state index in [4.69, 9.17) is 0 Å². The fraction of sp³-hybridized carbons (Fsp3) is 0.316. The van der Waals surface area contributed by atoms with Gasteiger partial charge in [0.05, 0.1) is 0 Å². The lowest BCUT2D eigenvalue weighted by molar-refractivity contribution is -0.121. The third-order valence-corrected chi connectivity index (χ3v) is 4.41. The quantitative estimate of drug-likeness (QED) is 0.933. The van der Waals surface area contributed by atoms with Gasteiger partial charge in [0.25, 0.3) is 5.91 Å². The van der Waals surface area contributed by atoms with E-state index in [1.807, 2.05) is 13.0 Å². The Morgan fingerprint density at radius 3 is 2.40 bits per heavy atom. The van der Waals surface area contributed by atoms with Gasteiger partial charge < -0.3 is 10.2 Å². The lowest BCUT2D eigenvalue weighted by Gasteiger charge is -2.31. The molecule has 130 valence electrons. The van der Waals surface area contributed by atoms with Crippen molar-refractivity contribution >= 4 is 17.6 Å². The number of rotatable bonds is 3. The standard InChI is InChI=1S/C19H20FN3O2/c1-13-2-7-17(21-12-13)22-18(24)14-8-10-23(11-9-14)19(25)15-3-5-16(20)6-4-15/h2-7,12,14H,8-11H2,1H3,(H,21,22,24). The Kier molecular flexibility index (Phi) is 5.07. The number of likely N-dealkylation sites (tertiary alicyclic amines) is 1. The van der Waals surface area contributed by atoms with Crippen molar-refractivity contribution in [1.29, 1.82) is 0 Å². The minimum atomic E-state index is -0.364. The lowest BCUT2D eigenvalue weighted by atomic mass is 9.95. The van der Waals surface area contributed by atoms with Crippen molar-refractivity contribution in [2.75, 3.05) is 18.4 Å². The van der Waals surface area contributed by atoms with Gasteiger partial charge in [-0.2, -0.15) is 0 Å². The highest BCUT2D eigenvalue weighted by atomic mass is 19.1. The number of hydrogen-bond acceptors (Lipinski definition) is 3. The van der Waals surface area contributed by atoms with Gasteiger partial charge in [-0.25, -0.2) is 9.37 Å². The zero-order chi connectivity index (χ0) is 17.8. The van der Waals surface area contributed by atoms with Crippen molar-refractivity contribution in [1.82, 2.24) is 9.88 Å². The number of aryl methyl sites for hydroxylation is 1. The Bertz CT molecular complexity index is 751. The number of pyridine rings is 1. The summed E-state index contributed by atoms with van der Waals surface area (Å²) in [7, 11) is 0. The summed E-state index contributed by atoms with van der Waals surface area (Å²) in [6.07, 6.45) is 2.91. The van der Waals surface area contributed by atoms with Gasteiger partial charge in [0.15, 0.2) is 0 Å². The van der Waals surface area contributed by atoms with Gasteiger partial charge in [0.1, 0.15) is 11.6 Å². The first-order valence-corrected chi connectivity index (χ1v) is 8.31. The molecule has 6 heteroatoms. The minimum absolute atomic E-state index is 0.0646.